The van der Waals surface area contributed by atoms with Gasteiger partial charge in [-0.2, -0.15) is 0 Å². The van der Waals surface area contributed by atoms with Gasteiger partial charge in [-0.15, -0.1) is 0 Å². The number of hydrogen-bond acceptors (Lipinski definition) is 1. The Labute approximate surface area is 72.0 Å². The van der Waals surface area contributed by atoms with E-state index >= 15 is 0 Å². The monoisotopic (exact) mass is 268 g/mol. The van der Waals surface area contributed by atoms with Crippen molar-refractivity contribution >= 4 is 49.2 Å². The Kier molecular flexibility index (Phi) is 3.91. The van der Waals surface area contributed by atoms with E-state index < -0.39 is 19.1 Å². The van der Waals surface area contributed by atoms with Crippen molar-refractivity contribution in [2.24, 2.45) is 0 Å². The molecule has 0 aliphatic carbocycles. The third-order valence-electron chi connectivity index (χ3n) is 0.422. The van der Waals surface area contributed by atoms with E-state index in [1.807, 2.05) is 19.6 Å². The van der Waals surface area contributed by atoms with Gasteiger partial charge in [-0.3, -0.25) is 0 Å². The minimum atomic E-state index is -3.26. The third-order valence-corrected chi connectivity index (χ3v) is 10.2. The molecule has 0 unspecified atom stereocenters. The van der Waals surface area contributed by atoms with Gasteiger partial charge in [0.05, 0.1) is 0 Å². The Morgan fingerprint density at radius 3 is 1.44 bits per heavy atom. The van der Waals surface area contributed by atoms with Gasteiger partial charge in [-0.05, 0) is 0 Å². The summed E-state index contributed by atoms with van der Waals surface area (Å²) in [4.78, 5) is 0. The Balaban J connectivity index is 3.75. The van der Waals surface area contributed by atoms with Crippen LogP contribution in [-0.2, 0) is 3.45 Å². The van der Waals surface area contributed by atoms with E-state index in [4.69, 9.17) is 33.5 Å². The summed E-state index contributed by atoms with van der Waals surface area (Å²) in [7, 11) is 11.8. The number of halogens is 3. The van der Waals surface area contributed by atoms with E-state index in [0.29, 0.717) is 0 Å². The second-order valence-electron chi connectivity index (χ2n) is 2.66. The van der Waals surface area contributed by atoms with E-state index in [1.165, 1.54) is 0 Å². The maximum absolute atomic E-state index is 5.55. The van der Waals surface area contributed by atoms with Crippen LogP contribution in [0.5, 0.6) is 0 Å². The molecule has 0 saturated carbocycles. The van der Waals surface area contributed by atoms with E-state index in [-0.39, 0.29) is 0 Å². The summed E-state index contributed by atoms with van der Waals surface area (Å²) in [6.45, 7) is 6.00. The van der Waals surface area contributed by atoms with Gasteiger partial charge in [0.2, 0.25) is 0 Å². The van der Waals surface area contributed by atoms with Crippen molar-refractivity contribution in [2.45, 2.75) is 19.6 Å². The normalized spacial score (nSPS) is 14.0. The molecule has 0 aromatic rings. The molecule has 0 aliphatic heterocycles. The van der Waals surface area contributed by atoms with Crippen LogP contribution >= 0.6 is 30.0 Å². The fourth-order valence-corrected chi connectivity index (χ4v) is 16.2. The molecule has 0 N–H and O–H groups in total. The van der Waals surface area contributed by atoms with Crippen molar-refractivity contribution in [2.75, 3.05) is 0 Å². The Morgan fingerprint density at radius 1 is 1.11 bits per heavy atom. The molecule has 0 saturated heterocycles. The van der Waals surface area contributed by atoms with Gasteiger partial charge in [0, 0.05) is 0 Å². The molecule has 0 bridgehead atoms. The van der Waals surface area contributed by atoms with Crippen LogP contribution in [-0.4, -0.2) is 19.1 Å². The summed E-state index contributed by atoms with van der Waals surface area (Å²) in [5.74, 6) is 0. The molecular formula is C3H9Cl3GeOSi. The second-order valence-corrected chi connectivity index (χ2v) is 21.6. The zero-order valence-corrected chi connectivity index (χ0v) is 10.9. The van der Waals surface area contributed by atoms with Crippen LogP contribution in [0.25, 0.3) is 0 Å². The molecule has 56 valence electrons. The van der Waals surface area contributed by atoms with E-state index in [1.54, 1.807) is 0 Å². The molecule has 0 aromatic carbocycles. The van der Waals surface area contributed by atoms with Crippen molar-refractivity contribution < 1.29 is 3.45 Å². The average Bonchev–Trinajstić information content (AvgIpc) is 1.14. The summed E-state index contributed by atoms with van der Waals surface area (Å²) in [5, 5.41) is 0. The van der Waals surface area contributed by atoms with Gasteiger partial charge in [0.15, 0.2) is 0 Å². The van der Waals surface area contributed by atoms with Crippen molar-refractivity contribution in [3.63, 3.8) is 0 Å². The topological polar surface area (TPSA) is 9.23 Å². The standard InChI is InChI=1S/C3H9Cl3GeOSi/c1-9(2,3)8-7(4,5)6/h1-3H3. The SMILES string of the molecule is C[Si](C)(C)[O][Ge]([Cl])([Cl])[Cl]. The quantitative estimate of drug-likeness (QED) is 0.699. The van der Waals surface area contributed by atoms with Crippen LogP contribution in [0.2, 0.25) is 19.6 Å². The maximum atomic E-state index is 5.55. The molecular weight excluding hydrogens is 259 g/mol. The van der Waals surface area contributed by atoms with Crippen molar-refractivity contribution in [3.05, 3.63) is 0 Å². The predicted molar refractivity (Wildman–Crippen MR) is 47.7 cm³/mol. The summed E-state index contributed by atoms with van der Waals surface area (Å²) < 4.78 is 5.25. The molecule has 0 aliphatic rings. The van der Waals surface area contributed by atoms with Crippen LogP contribution in [0, 0.1) is 0 Å². The van der Waals surface area contributed by atoms with Gasteiger partial charge in [-0.25, -0.2) is 0 Å². The zero-order valence-electron chi connectivity index (χ0n) is 5.54. The van der Waals surface area contributed by atoms with Gasteiger partial charge in [0.1, 0.15) is 0 Å². The fourth-order valence-electron chi connectivity index (χ4n) is 0.347. The van der Waals surface area contributed by atoms with Gasteiger partial charge < -0.3 is 0 Å². The van der Waals surface area contributed by atoms with Crippen LogP contribution in [0.4, 0.5) is 0 Å². The van der Waals surface area contributed by atoms with Crippen LogP contribution in [0.15, 0.2) is 0 Å². The predicted octanol–water partition coefficient (Wildman–Crippen LogP) is 2.99. The first-order valence-electron chi connectivity index (χ1n) is 2.48. The first-order chi connectivity index (χ1) is 3.71. The van der Waals surface area contributed by atoms with Crippen molar-refractivity contribution in [3.8, 4) is 0 Å². The van der Waals surface area contributed by atoms with E-state index in [9.17, 15) is 0 Å². The molecule has 6 heteroatoms. The summed E-state index contributed by atoms with van der Waals surface area (Å²) in [6.07, 6.45) is 0. The molecule has 0 aromatic heterocycles. The molecule has 0 rings (SSSR count). The summed E-state index contributed by atoms with van der Waals surface area (Å²) in [6, 6.07) is 0. The third kappa shape index (κ3) is 9.59. The Bertz CT molecular complexity index is 84.2. The van der Waals surface area contributed by atoms with Crippen LogP contribution in [0.3, 0.4) is 0 Å². The first kappa shape index (κ1) is 10.6. The summed E-state index contributed by atoms with van der Waals surface area (Å²) in [5.41, 5.74) is 0. The van der Waals surface area contributed by atoms with Crippen molar-refractivity contribution in [1.29, 1.82) is 0 Å². The number of hydrogen-bond donors (Lipinski definition) is 0. The van der Waals surface area contributed by atoms with Crippen LogP contribution < -0.4 is 0 Å². The fraction of sp³-hybridized carbons (Fsp3) is 1.00. The zero-order chi connectivity index (χ0) is 7.71. The Hall–Kier alpha value is 1.59. The second kappa shape index (κ2) is 3.32. The molecule has 1 nitrogen and oxygen atoms in total. The molecule has 0 radical (unpaired) electrons. The van der Waals surface area contributed by atoms with Crippen molar-refractivity contribution in [1.82, 2.24) is 0 Å². The molecule has 0 spiro atoms. The van der Waals surface area contributed by atoms with Gasteiger partial charge in [0.25, 0.3) is 0 Å². The van der Waals surface area contributed by atoms with Crippen LogP contribution in [0.1, 0.15) is 0 Å². The molecule has 0 amide bonds. The van der Waals surface area contributed by atoms with Gasteiger partial charge in [-0.1, -0.05) is 0 Å². The number of rotatable bonds is 2. The first-order valence-corrected chi connectivity index (χ1v) is 15.0. The van der Waals surface area contributed by atoms with E-state index in [0.717, 1.165) is 0 Å². The molecule has 0 fully saturated rings. The minimum absolute atomic E-state index is 1.61. The summed E-state index contributed by atoms with van der Waals surface area (Å²) >= 11 is 0. The van der Waals surface area contributed by atoms with Gasteiger partial charge >= 0.3 is 72.3 Å². The Morgan fingerprint density at radius 2 is 1.44 bits per heavy atom. The average molecular weight is 268 g/mol. The molecule has 0 heterocycles. The van der Waals surface area contributed by atoms with E-state index in [2.05, 4.69) is 0 Å². The molecule has 9 heavy (non-hydrogen) atoms. The molecule has 0 atom stereocenters.